The van der Waals surface area contributed by atoms with Crippen LogP contribution in [0, 0.1) is 5.41 Å². The van der Waals surface area contributed by atoms with Crippen molar-refractivity contribution in [3.8, 4) is 0 Å². The maximum Gasteiger partial charge on any atom is 0.256 e. The van der Waals surface area contributed by atoms with Gasteiger partial charge in [0.15, 0.2) is 0 Å². The predicted octanol–water partition coefficient (Wildman–Crippen LogP) is 3.48. The van der Waals surface area contributed by atoms with E-state index >= 15 is 0 Å². The van der Waals surface area contributed by atoms with Crippen molar-refractivity contribution in [1.82, 2.24) is 4.90 Å². The molecule has 7 heteroatoms. The number of para-hydroxylation sites is 1. The SMILES string of the molecule is CN(CC(C)(C)CN)C(=O)c1ccccc1NC(=O)c1ccsc1.Cl. The Bertz CT molecular complexity index is 717. The summed E-state index contributed by atoms with van der Waals surface area (Å²) < 4.78 is 0. The number of carbonyl (C=O) groups excluding carboxylic acids is 2. The second-order valence-electron chi connectivity index (χ2n) is 6.54. The molecular formula is C18H24ClN3O2S. The zero-order valence-corrected chi connectivity index (χ0v) is 16.2. The van der Waals surface area contributed by atoms with Crippen molar-refractivity contribution in [3.05, 3.63) is 52.2 Å². The average Bonchev–Trinajstić information content (AvgIpc) is 3.09. The lowest BCUT2D eigenvalue weighted by atomic mass is 9.93. The highest BCUT2D eigenvalue weighted by Crippen LogP contribution is 2.21. The number of benzene rings is 1. The van der Waals surface area contributed by atoms with Crippen molar-refractivity contribution in [2.75, 3.05) is 25.5 Å². The molecule has 0 atom stereocenters. The lowest BCUT2D eigenvalue weighted by Crippen LogP contribution is -2.40. The normalized spacial score (nSPS) is 10.7. The Hall–Kier alpha value is -1.89. The maximum absolute atomic E-state index is 12.8. The Morgan fingerprint density at radius 1 is 1.24 bits per heavy atom. The second-order valence-corrected chi connectivity index (χ2v) is 7.32. The van der Waals surface area contributed by atoms with Gasteiger partial charge in [0.25, 0.3) is 11.8 Å². The number of anilines is 1. The van der Waals surface area contributed by atoms with Crippen LogP contribution in [0.1, 0.15) is 34.6 Å². The molecule has 0 aliphatic carbocycles. The van der Waals surface area contributed by atoms with Crippen LogP contribution >= 0.6 is 23.7 Å². The van der Waals surface area contributed by atoms with Gasteiger partial charge < -0.3 is 16.0 Å². The van der Waals surface area contributed by atoms with Gasteiger partial charge in [-0.3, -0.25) is 9.59 Å². The molecule has 136 valence electrons. The summed E-state index contributed by atoms with van der Waals surface area (Å²) in [6, 6.07) is 8.79. The monoisotopic (exact) mass is 381 g/mol. The lowest BCUT2D eigenvalue weighted by molar-refractivity contribution is 0.0741. The molecule has 2 aromatic rings. The van der Waals surface area contributed by atoms with Gasteiger partial charge in [0, 0.05) is 19.0 Å². The van der Waals surface area contributed by atoms with Gasteiger partial charge in [0.05, 0.1) is 16.8 Å². The molecule has 3 N–H and O–H groups in total. The zero-order valence-electron chi connectivity index (χ0n) is 14.6. The van der Waals surface area contributed by atoms with Crippen molar-refractivity contribution in [1.29, 1.82) is 0 Å². The molecule has 1 heterocycles. The van der Waals surface area contributed by atoms with E-state index < -0.39 is 0 Å². The van der Waals surface area contributed by atoms with Crippen LogP contribution in [0.4, 0.5) is 5.69 Å². The number of nitrogens with one attached hydrogen (secondary N) is 1. The van der Waals surface area contributed by atoms with Crippen LogP contribution in [0.15, 0.2) is 41.1 Å². The summed E-state index contributed by atoms with van der Waals surface area (Å²) in [5.41, 5.74) is 7.14. The molecule has 0 aliphatic rings. The first kappa shape index (κ1) is 21.2. The molecule has 0 saturated heterocycles. The number of carbonyl (C=O) groups is 2. The third-order valence-electron chi connectivity index (χ3n) is 3.75. The summed E-state index contributed by atoms with van der Waals surface area (Å²) >= 11 is 1.45. The Morgan fingerprint density at radius 3 is 2.52 bits per heavy atom. The van der Waals surface area contributed by atoms with Gasteiger partial charge >= 0.3 is 0 Å². The number of rotatable bonds is 6. The largest absolute Gasteiger partial charge is 0.341 e. The number of nitrogens with two attached hydrogens (primary N) is 1. The van der Waals surface area contributed by atoms with Gasteiger partial charge in [-0.1, -0.05) is 26.0 Å². The molecule has 1 aromatic carbocycles. The maximum atomic E-state index is 12.8. The van der Waals surface area contributed by atoms with E-state index in [4.69, 9.17) is 5.73 Å². The van der Waals surface area contributed by atoms with Crippen LogP contribution in [0.5, 0.6) is 0 Å². The minimum atomic E-state index is -0.221. The highest BCUT2D eigenvalue weighted by molar-refractivity contribution is 7.08. The average molecular weight is 382 g/mol. The van der Waals surface area contributed by atoms with Crippen LogP contribution in [-0.4, -0.2) is 36.9 Å². The Morgan fingerprint density at radius 2 is 1.92 bits per heavy atom. The molecular weight excluding hydrogens is 358 g/mol. The zero-order chi connectivity index (χ0) is 17.7. The van der Waals surface area contributed by atoms with E-state index in [1.807, 2.05) is 19.2 Å². The molecule has 2 rings (SSSR count). The van der Waals surface area contributed by atoms with Gasteiger partial charge in [0.2, 0.25) is 0 Å². The Kier molecular flexibility index (Phi) is 7.60. The molecule has 5 nitrogen and oxygen atoms in total. The van der Waals surface area contributed by atoms with E-state index in [0.29, 0.717) is 29.9 Å². The number of amides is 2. The van der Waals surface area contributed by atoms with E-state index in [-0.39, 0.29) is 29.6 Å². The lowest BCUT2D eigenvalue weighted by Gasteiger charge is -2.29. The van der Waals surface area contributed by atoms with E-state index in [0.717, 1.165) is 0 Å². The van der Waals surface area contributed by atoms with E-state index in [9.17, 15) is 9.59 Å². The van der Waals surface area contributed by atoms with Crippen LogP contribution in [0.2, 0.25) is 0 Å². The van der Waals surface area contributed by atoms with Crippen molar-refractivity contribution in [3.63, 3.8) is 0 Å². The van der Waals surface area contributed by atoms with Crippen molar-refractivity contribution < 1.29 is 9.59 Å². The van der Waals surface area contributed by atoms with Gasteiger partial charge in [-0.15, -0.1) is 12.4 Å². The highest BCUT2D eigenvalue weighted by atomic mass is 35.5. The molecule has 1 aromatic heterocycles. The first-order valence-electron chi connectivity index (χ1n) is 7.72. The fourth-order valence-corrected chi connectivity index (χ4v) is 2.99. The Labute approximate surface area is 158 Å². The van der Waals surface area contributed by atoms with Crippen molar-refractivity contribution in [2.45, 2.75) is 13.8 Å². The number of hydrogen-bond donors (Lipinski definition) is 2. The second kappa shape index (κ2) is 8.99. The first-order valence-corrected chi connectivity index (χ1v) is 8.66. The Balaban J connectivity index is 0.00000312. The quantitative estimate of drug-likeness (QED) is 0.804. The third kappa shape index (κ3) is 5.56. The molecule has 0 aliphatic heterocycles. The van der Waals surface area contributed by atoms with Crippen LogP contribution in [0.25, 0.3) is 0 Å². The van der Waals surface area contributed by atoms with Crippen LogP contribution in [0.3, 0.4) is 0 Å². The standard InChI is InChI=1S/C18H23N3O2S.ClH/c1-18(2,11-19)12-21(3)17(23)14-6-4-5-7-15(14)20-16(22)13-8-9-24-10-13;/h4-10H,11-12,19H2,1-3H3,(H,20,22);1H. The fraction of sp³-hybridized carbons (Fsp3) is 0.333. The van der Waals surface area contributed by atoms with Crippen molar-refractivity contribution in [2.24, 2.45) is 11.1 Å². The number of nitrogens with zero attached hydrogens (tertiary/aromatic N) is 1. The van der Waals surface area contributed by atoms with E-state index in [2.05, 4.69) is 5.32 Å². The third-order valence-corrected chi connectivity index (χ3v) is 4.44. The van der Waals surface area contributed by atoms with Crippen molar-refractivity contribution >= 4 is 41.2 Å². The molecule has 0 spiro atoms. The minimum absolute atomic E-state index is 0. The summed E-state index contributed by atoms with van der Waals surface area (Å²) in [6.45, 7) is 5.05. The number of hydrogen-bond acceptors (Lipinski definition) is 4. The molecule has 0 saturated carbocycles. The summed E-state index contributed by atoms with van der Waals surface area (Å²) in [5, 5.41) is 6.44. The minimum Gasteiger partial charge on any atom is -0.341 e. The van der Waals surface area contributed by atoms with Crippen LogP contribution < -0.4 is 11.1 Å². The summed E-state index contributed by atoms with van der Waals surface area (Å²) in [4.78, 5) is 26.7. The topological polar surface area (TPSA) is 75.4 Å². The molecule has 2 amide bonds. The van der Waals surface area contributed by atoms with E-state index in [1.165, 1.54) is 11.3 Å². The predicted molar refractivity (Wildman–Crippen MR) is 106 cm³/mol. The smallest absolute Gasteiger partial charge is 0.256 e. The first-order chi connectivity index (χ1) is 11.3. The number of halogens is 1. The summed E-state index contributed by atoms with van der Waals surface area (Å²) in [6.07, 6.45) is 0. The van der Waals surface area contributed by atoms with E-state index in [1.54, 1.807) is 47.7 Å². The van der Waals surface area contributed by atoms with Gasteiger partial charge in [-0.05, 0) is 35.5 Å². The molecule has 0 fully saturated rings. The van der Waals surface area contributed by atoms with Gasteiger partial charge in [-0.25, -0.2) is 0 Å². The fourth-order valence-electron chi connectivity index (χ4n) is 2.35. The summed E-state index contributed by atoms with van der Waals surface area (Å²) in [5.74, 6) is -0.362. The van der Waals surface area contributed by atoms with Gasteiger partial charge in [0.1, 0.15) is 0 Å². The molecule has 0 bridgehead atoms. The van der Waals surface area contributed by atoms with Crippen LogP contribution in [-0.2, 0) is 0 Å². The highest BCUT2D eigenvalue weighted by Gasteiger charge is 2.23. The molecule has 0 radical (unpaired) electrons. The van der Waals surface area contributed by atoms with Gasteiger partial charge in [-0.2, -0.15) is 11.3 Å². The molecule has 25 heavy (non-hydrogen) atoms. The molecule has 0 unspecified atom stereocenters. The summed E-state index contributed by atoms with van der Waals surface area (Å²) in [7, 11) is 1.75. The number of thiophene rings is 1.